The van der Waals surface area contributed by atoms with Gasteiger partial charge >= 0.3 is 0 Å². The highest BCUT2D eigenvalue weighted by molar-refractivity contribution is 7.17. The molecule has 1 fully saturated rings. The van der Waals surface area contributed by atoms with Gasteiger partial charge in [0.2, 0.25) is 0 Å². The molecular formula is C20H22N4O2S. The first kappa shape index (κ1) is 17.9. The van der Waals surface area contributed by atoms with Crippen molar-refractivity contribution in [1.29, 1.82) is 0 Å². The Hall–Kier alpha value is -2.51. The van der Waals surface area contributed by atoms with E-state index in [1.807, 2.05) is 10.9 Å². The third-order valence-corrected chi connectivity index (χ3v) is 5.68. The van der Waals surface area contributed by atoms with Crippen molar-refractivity contribution in [3.8, 4) is 10.6 Å². The highest BCUT2D eigenvalue weighted by atomic mass is 32.1. The first-order valence-electron chi connectivity index (χ1n) is 9.07. The summed E-state index contributed by atoms with van der Waals surface area (Å²) in [4.78, 5) is 17.6. The predicted octanol–water partition coefficient (Wildman–Crippen LogP) is 4.05. The highest BCUT2D eigenvalue weighted by Crippen LogP contribution is 2.29. The molecule has 7 heteroatoms. The number of amides is 1. The Balaban J connectivity index is 1.43. The van der Waals surface area contributed by atoms with Crippen LogP contribution in [0.25, 0.3) is 10.6 Å². The van der Waals surface area contributed by atoms with Crippen LogP contribution in [-0.2, 0) is 11.3 Å². The van der Waals surface area contributed by atoms with Crippen LogP contribution < -0.4 is 5.32 Å². The molecule has 0 spiro atoms. The number of aryl methyl sites for hydroxylation is 2. The summed E-state index contributed by atoms with van der Waals surface area (Å²) in [6.45, 7) is 5.67. The maximum Gasteiger partial charge on any atom is 0.267 e. The average Bonchev–Trinajstić information content (AvgIpc) is 3.37. The van der Waals surface area contributed by atoms with Gasteiger partial charge in [0.25, 0.3) is 5.91 Å². The standard InChI is InChI=1S/C20H22N4O2S/c1-13-5-6-17(14(2)8-13)20-21-10-18(27-20)19(25)23-15-9-22-24(11-15)12-16-4-3-7-26-16/h5-6,8-11,16H,3-4,7,12H2,1-2H3,(H,23,25)/t16-/m0/s1. The fourth-order valence-corrected chi connectivity index (χ4v) is 4.18. The molecule has 1 atom stereocenters. The van der Waals surface area contributed by atoms with Crippen LogP contribution in [0.15, 0.2) is 36.8 Å². The number of benzene rings is 1. The Labute approximate surface area is 162 Å². The summed E-state index contributed by atoms with van der Waals surface area (Å²) in [6, 6.07) is 6.24. The second kappa shape index (κ2) is 7.62. The lowest BCUT2D eigenvalue weighted by molar-refractivity contribution is 0.0940. The van der Waals surface area contributed by atoms with Crippen LogP contribution in [0.4, 0.5) is 5.69 Å². The molecule has 3 aromatic rings. The van der Waals surface area contributed by atoms with Crippen molar-refractivity contribution in [2.45, 2.75) is 39.3 Å². The molecule has 0 radical (unpaired) electrons. The number of rotatable bonds is 5. The fourth-order valence-electron chi connectivity index (χ4n) is 3.27. The molecule has 140 valence electrons. The van der Waals surface area contributed by atoms with E-state index in [2.05, 4.69) is 47.4 Å². The molecular weight excluding hydrogens is 360 g/mol. The zero-order chi connectivity index (χ0) is 18.8. The summed E-state index contributed by atoms with van der Waals surface area (Å²) < 4.78 is 7.44. The third-order valence-electron chi connectivity index (χ3n) is 4.65. The lowest BCUT2D eigenvalue weighted by atomic mass is 10.1. The maximum absolute atomic E-state index is 12.5. The predicted molar refractivity (Wildman–Crippen MR) is 106 cm³/mol. The van der Waals surface area contributed by atoms with Crippen LogP contribution in [-0.4, -0.2) is 33.4 Å². The smallest absolute Gasteiger partial charge is 0.267 e. The number of carbonyl (C=O) groups is 1. The van der Waals surface area contributed by atoms with E-state index in [-0.39, 0.29) is 12.0 Å². The molecule has 3 heterocycles. The van der Waals surface area contributed by atoms with Gasteiger partial charge in [-0.15, -0.1) is 11.3 Å². The van der Waals surface area contributed by atoms with Crippen molar-refractivity contribution in [3.63, 3.8) is 0 Å². The maximum atomic E-state index is 12.5. The lowest BCUT2D eigenvalue weighted by Gasteiger charge is -2.08. The molecule has 1 N–H and O–H groups in total. The van der Waals surface area contributed by atoms with E-state index in [1.165, 1.54) is 16.9 Å². The Morgan fingerprint density at radius 2 is 2.26 bits per heavy atom. The number of ether oxygens (including phenoxy) is 1. The lowest BCUT2D eigenvalue weighted by Crippen LogP contribution is -2.15. The van der Waals surface area contributed by atoms with Crippen molar-refractivity contribution in [1.82, 2.24) is 14.8 Å². The SMILES string of the molecule is Cc1ccc(-c2ncc(C(=O)Nc3cnn(C[C@@H]4CCCO4)c3)s2)c(C)c1. The Bertz CT molecular complexity index is 957. The molecule has 0 unspecified atom stereocenters. The molecule has 0 bridgehead atoms. The van der Waals surface area contributed by atoms with Crippen molar-refractivity contribution in [2.24, 2.45) is 0 Å². The van der Waals surface area contributed by atoms with E-state index in [0.717, 1.165) is 35.6 Å². The van der Waals surface area contributed by atoms with Crippen LogP contribution in [0.3, 0.4) is 0 Å². The van der Waals surface area contributed by atoms with Gasteiger partial charge in [-0.2, -0.15) is 5.10 Å². The average molecular weight is 382 g/mol. The normalized spacial score (nSPS) is 16.6. The number of aromatic nitrogens is 3. The van der Waals surface area contributed by atoms with Crippen LogP contribution in [0, 0.1) is 13.8 Å². The second-order valence-electron chi connectivity index (χ2n) is 6.89. The van der Waals surface area contributed by atoms with Crippen molar-refractivity contribution in [2.75, 3.05) is 11.9 Å². The van der Waals surface area contributed by atoms with E-state index >= 15 is 0 Å². The van der Waals surface area contributed by atoms with Gasteiger partial charge in [-0.05, 0) is 32.3 Å². The van der Waals surface area contributed by atoms with Crippen LogP contribution in [0.2, 0.25) is 0 Å². The minimum atomic E-state index is -0.166. The van der Waals surface area contributed by atoms with Crippen molar-refractivity contribution in [3.05, 3.63) is 52.8 Å². The van der Waals surface area contributed by atoms with Gasteiger partial charge in [0.05, 0.1) is 30.7 Å². The van der Waals surface area contributed by atoms with Gasteiger partial charge < -0.3 is 10.1 Å². The summed E-state index contributed by atoms with van der Waals surface area (Å²) in [5.41, 5.74) is 4.12. The van der Waals surface area contributed by atoms with Gasteiger partial charge in [-0.3, -0.25) is 9.48 Å². The minimum Gasteiger partial charge on any atom is -0.376 e. The third kappa shape index (κ3) is 4.09. The number of hydrogen-bond acceptors (Lipinski definition) is 5. The summed E-state index contributed by atoms with van der Waals surface area (Å²) in [6.07, 6.45) is 7.51. The molecule has 2 aromatic heterocycles. The number of anilines is 1. The molecule has 0 saturated carbocycles. The van der Waals surface area contributed by atoms with Crippen LogP contribution in [0.1, 0.15) is 33.6 Å². The molecule has 4 rings (SSSR count). The summed E-state index contributed by atoms with van der Waals surface area (Å²) in [5, 5.41) is 8.06. The molecule has 1 saturated heterocycles. The Kier molecular flexibility index (Phi) is 5.05. The summed E-state index contributed by atoms with van der Waals surface area (Å²) in [5.74, 6) is -0.166. The zero-order valence-electron chi connectivity index (χ0n) is 15.4. The first-order valence-corrected chi connectivity index (χ1v) is 9.89. The molecule has 6 nitrogen and oxygen atoms in total. The topological polar surface area (TPSA) is 69.0 Å². The van der Waals surface area contributed by atoms with E-state index in [4.69, 9.17) is 4.74 Å². The Morgan fingerprint density at radius 3 is 3.04 bits per heavy atom. The Morgan fingerprint density at radius 1 is 1.37 bits per heavy atom. The summed E-state index contributed by atoms with van der Waals surface area (Å²) >= 11 is 1.40. The van der Waals surface area contributed by atoms with Gasteiger partial charge in [-0.1, -0.05) is 23.8 Å². The van der Waals surface area contributed by atoms with E-state index in [9.17, 15) is 4.79 Å². The van der Waals surface area contributed by atoms with Gasteiger partial charge in [0, 0.05) is 18.4 Å². The van der Waals surface area contributed by atoms with E-state index < -0.39 is 0 Å². The number of nitrogens with one attached hydrogen (secondary N) is 1. The minimum absolute atomic E-state index is 0.166. The molecule has 27 heavy (non-hydrogen) atoms. The second-order valence-corrected chi connectivity index (χ2v) is 7.92. The van der Waals surface area contributed by atoms with Gasteiger partial charge in [0.15, 0.2) is 0 Å². The quantitative estimate of drug-likeness (QED) is 0.723. The number of thiazole rings is 1. The van der Waals surface area contributed by atoms with Gasteiger partial charge in [-0.25, -0.2) is 4.98 Å². The highest BCUT2D eigenvalue weighted by Gasteiger charge is 2.17. The number of carbonyl (C=O) groups excluding carboxylic acids is 1. The van der Waals surface area contributed by atoms with Crippen LogP contribution in [0.5, 0.6) is 0 Å². The number of nitrogens with zero attached hydrogens (tertiary/aromatic N) is 3. The molecule has 1 aliphatic rings. The number of hydrogen-bond donors (Lipinski definition) is 1. The van der Waals surface area contributed by atoms with E-state index in [1.54, 1.807) is 12.4 Å². The monoisotopic (exact) mass is 382 g/mol. The molecule has 0 aliphatic carbocycles. The van der Waals surface area contributed by atoms with Gasteiger partial charge in [0.1, 0.15) is 9.88 Å². The molecule has 1 amide bonds. The summed E-state index contributed by atoms with van der Waals surface area (Å²) in [7, 11) is 0. The molecule has 1 aromatic carbocycles. The van der Waals surface area contributed by atoms with E-state index in [0.29, 0.717) is 17.1 Å². The van der Waals surface area contributed by atoms with Crippen molar-refractivity contribution < 1.29 is 9.53 Å². The zero-order valence-corrected chi connectivity index (χ0v) is 16.3. The van der Waals surface area contributed by atoms with Crippen LogP contribution >= 0.6 is 11.3 Å². The fraction of sp³-hybridized carbons (Fsp3) is 0.350. The van der Waals surface area contributed by atoms with Crippen molar-refractivity contribution >= 4 is 22.9 Å². The molecule has 1 aliphatic heterocycles. The largest absolute Gasteiger partial charge is 0.376 e. The first-order chi connectivity index (χ1) is 13.1.